The summed E-state index contributed by atoms with van der Waals surface area (Å²) in [5.41, 5.74) is 0.621. The minimum absolute atomic E-state index is 0.00266. The van der Waals surface area contributed by atoms with E-state index >= 15 is 0 Å². The summed E-state index contributed by atoms with van der Waals surface area (Å²) in [6, 6.07) is 14.0. The highest BCUT2D eigenvalue weighted by molar-refractivity contribution is 7.89. The number of amides is 1. The fraction of sp³-hybridized carbons (Fsp3) is 0.190. The number of benzene rings is 2. The Hall–Kier alpha value is -2.81. The van der Waals surface area contributed by atoms with Gasteiger partial charge >= 0.3 is 0 Å². The van der Waals surface area contributed by atoms with Crippen molar-refractivity contribution in [3.05, 3.63) is 65.4 Å². The average molecular weight is 447 g/mol. The number of halogens is 1. The molecule has 3 aromatic rings. The van der Waals surface area contributed by atoms with E-state index in [1.54, 1.807) is 30.3 Å². The number of nitrogens with zero attached hydrogens (tertiary/aromatic N) is 1. The summed E-state index contributed by atoms with van der Waals surface area (Å²) in [4.78, 5) is 12.6. The molecule has 2 heterocycles. The summed E-state index contributed by atoms with van der Waals surface area (Å²) in [5.74, 6) is -0.460. The van der Waals surface area contributed by atoms with Crippen molar-refractivity contribution < 1.29 is 22.7 Å². The number of sulfonamides is 1. The maximum absolute atomic E-state index is 12.7. The molecule has 1 fully saturated rings. The number of phenolic OH excluding ortho intramolecular Hbond substituents is 1. The number of phenols is 1. The molecule has 1 aliphatic rings. The lowest BCUT2D eigenvalue weighted by Gasteiger charge is -2.16. The van der Waals surface area contributed by atoms with Crippen molar-refractivity contribution in [1.29, 1.82) is 0 Å². The van der Waals surface area contributed by atoms with Crippen molar-refractivity contribution in [2.75, 3.05) is 18.4 Å². The van der Waals surface area contributed by atoms with Crippen LogP contribution in [-0.2, 0) is 10.0 Å². The first-order valence-electron chi connectivity index (χ1n) is 9.35. The normalized spacial score (nSPS) is 14.7. The van der Waals surface area contributed by atoms with Gasteiger partial charge in [0.05, 0.1) is 15.6 Å². The molecule has 1 amide bonds. The van der Waals surface area contributed by atoms with Crippen molar-refractivity contribution in [1.82, 2.24) is 4.31 Å². The summed E-state index contributed by atoms with van der Waals surface area (Å²) in [7, 11) is -3.68. The SMILES string of the molecule is O=C(Nc1cc(S(=O)(=O)N2CCCC2)ccc1O)c1ccc(-c2ccccc2Cl)o1. The molecule has 4 rings (SSSR count). The second-order valence-corrected chi connectivity index (χ2v) is 9.23. The van der Waals surface area contributed by atoms with Crippen molar-refractivity contribution in [2.24, 2.45) is 0 Å². The molecule has 0 saturated carbocycles. The van der Waals surface area contributed by atoms with E-state index in [2.05, 4.69) is 5.32 Å². The molecule has 2 N–H and O–H groups in total. The molecule has 0 unspecified atom stereocenters. The smallest absolute Gasteiger partial charge is 0.291 e. The quantitative estimate of drug-likeness (QED) is 0.568. The monoisotopic (exact) mass is 446 g/mol. The number of carbonyl (C=O) groups excluding carboxylic acids is 1. The Kier molecular flexibility index (Phi) is 5.55. The number of carbonyl (C=O) groups is 1. The Morgan fingerprint density at radius 2 is 1.80 bits per heavy atom. The van der Waals surface area contributed by atoms with Gasteiger partial charge in [-0.1, -0.05) is 23.7 Å². The summed E-state index contributed by atoms with van der Waals surface area (Å²) >= 11 is 6.16. The second kappa shape index (κ2) is 8.14. The molecule has 0 atom stereocenters. The fourth-order valence-corrected chi connectivity index (χ4v) is 5.08. The van der Waals surface area contributed by atoms with Crippen LogP contribution in [0.2, 0.25) is 5.02 Å². The second-order valence-electron chi connectivity index (χ2n) is 6.89. The molecule has 9 heteroatoms. The third-order valence-electron chi connectivity index (χ3n) is 4.89. The lowest BCUT2D eigenvalue weighted by atomic mass is 10.2. The zero-order chi connectivity index (χ0) is 21.3. The third kappa shape index (κ3) is 3.94. The van der Waals surface area contributed by atoms with E-state index in [4.69, 9.17) is 16.0 Å². The van der Waals surface area contributed by atoms with Crippen LogP contribution >= 0.6 is 11.6 Å². The van der Waals surface area contributed by atoms with Gasteiger partial charge in [-0.2, -0.15) is 4.31 Å². The van der Waals surface area contributed by atoms with Crippen LogP contribution in [0.3, 0.4) is 0 Å². The number of hydrogen-bond acceptors (Lipinski definition) is 5. The number of furan rings is 1. The zero-order valence-electron chi connectivity index (χ0n) is 15.8. The van der Waals surface area contributed by atoms with E-state index in [9.17, 15) is 18.3 Å². The molecule has 0 aliphatic carbocycles. The molecule has 2 aromatic carbocycles. The molecule has 7 nitrogen and oxygen atoms in total. The number of rotatable bonds is 5. The van der Waals surface area contributed by atoms with Crippen LogP contribution in [0.25, 0.3) is 11.3 Å². The standard InChI is InChI=1S/C21H19ClN2O5S/c22-16-6-2-1-5-15(16)19-9-10-20(29-19)21(26)23-17-13-14(7-8-18(17)25)30(27,28)24-11-3-4-12-24/h1-2,5-10,13,25H,3-4,11-12H2,(H,23,26). The highest BCUT2D eigenvalue weighted by atomic mass is 35.5. The van der Waals surface area contributed by atoms with E-state index in [1.165, 1.54) is 28.6 Å². The van der Waals surface area contributed by atoms with E-state index < -0.39 is 15.9 Å². The highest BCUT2D eigenvalue weighted by Crippen LogP contribution is 2.31. The van der Waals surface area contributed by atoms with Crippen molar-refractivity contribution in [2.45, 2.75) is 17.7 Å². The first-order chi connectivity index (χ1) is 14.4. The van der Waals surface area contributed by atoms with Gasteiger partial charge in [0.25, 0.3) is 5.91 Å². The summed E-state index contributed by atoms with van der Waals surface area (Å²) in [5, 5.41) is 13.1. The summed E-state index contributed by atoms with van der Waals surface area (Å²) in [6.45, 7) is 0.921. The predicted molar refractivity (Wildman–Crippen MR) is 113 cm³/mol. The van der Waals surface area contributed by atoms with Crippen LogP contribution in [0, 0.1) is 0 Å². The molecule has 156 valence electrons. The number of nitrogens with one attached hydrogen (secondary N) is 1. The van der Waals surface area contributed by atoms with Crippen LogP contribution in [-0.4, -0.2) is 36.8 Å². The van der Waals surface area contributed by atoms with Gasteiger partial charge in [0.15, 0.2) is 5.76 Å². The molecule has 0 spiro atoms. The molecule has 0 bridgehead atoms. The minimum atomic E-state index is -3.68. The maximum Gasteiger partial charge on any atom is 0.291 e. The first-order valence-corrected chi connectivity index (χ1v) is 11.2. The van der Waals surface area contributed by atoms with Gasteiger partial charge in [0.2, 0.25) is 10.0 Å². The van der Waals surface area contributed by atoms with Crippen molar-refractivity contribution in [3.63, 3.8) is 0 Å². The van der Waals surface area contributed by atoms with Crippen molar-refractivity contribution >= 4 is 33.2 Å². The van der Waals surface area contributed by atoms with Gasteiger partial charge in [-0.05, 0) is 55.3 Å². The number of aromatic hydroxyl groups is 1. The molecule has 1 aromatic heterocycles. The van der Waals surface area contributed by atoms with Crippen LogP contribution in [0.15, 0.2) is 63.9 Å². The van der Waals surface area contributed by atoms with E-state index in [0.29, 0.717) is 29.4 Å². The van der Waals surface area contributed by atoms with Crippen LogP contribution in [0.5, 0.6) is 5.75 Å². The molecular formula is C21H19ClN2O5S. The third-order valence-corrected chi connectivity index (χ3v) is 7.11. The van der Waals surface area contributed by atoms with Crippen LogP contribution in [0.4, 0.5) is 5.69 Å². The Balaban J connectivity index is 1.57. The predicted octanol–water partition coefficient (Wildman–Crippen LogP) is 4.34. The lowest BCUT2D eigenvalue weighted by molar-refractivity contribution is 0.0997. The average Bonchev–Trinajstić information content (AvgIpc) is 3.42. The van der Waals surface area contributed by atoms with Gasteiger partial charge in [-0.3, -0.25) is 4.79 Å². The molecule has 30 heavy (non-hydrogen) atoms. The largest absolute Gasteiger partial charge is 0.506 e. The molecule has 1 aliphatic heterocycles. The van der Waals surface area contributed by atoms with Crippen molar-refractivity contribution in [3.8, 4) is 17.1 Å². The molecular weight excluding hydrogens is 428 g/mol. The first kappa shape index (κ1) is 20.5. The summed E-state index contributed by atoms with van der Waals surface area (Å²) in [6.07, 6.45) is 1.63. The van der Waals surface area contributed by atoms with E-state index in [-0.39, 0.29) is 22.1 Å². The van der Waals surface area contributed by atoms with E-state index in [1.807, 2.05) is 0 Å². The lowest BCUT2D eigenvalue weighted by Crippen LogP contribution is -2.27. The van der Waals surface area contributed by atoms with Gasteiger partial charge < -0.3 is 14.8 Å². The highest BCUT2D eigenvalue weighted by Gasteiger charge is 2.28. The fourth-order valence-electron chi connectivity index (χ4n) is 3.30. The van der Waals surface area contributed by atoms with E-state index in [0.717, 1.165) is 12.8 Å². The van der Waals surface area contributed by atoms with Gasteiger partial charge in [0, 0.05) is 18.7 Å². The number of hydrogen-bond donors (Lipinski definition) is 2. The van der Waals surface area contributed by atoms with Gasteiger partial charge in [-0.15, -0.1) is 0 Å². The minimum Gasteiger partial charge on any atom is -0.506 e. The molecule has 1 saturated heterocycles. The van der Waals surface area contributed by atoms with Crippen LogP contribution in [0.1, 0.15) is 23.4 Å². The van der Waals surface area contributed by atoms with Crippen LogP contribution < -0.4 is 5.32 Å². The molecule has 0 radical (unpaired) electrons. The Labute approximate surface area is 178 Å². The van der Waals surface area contributed by atoms with Gasteiger partial charge in [0.1, 0.15) is 11.5 Å². The number of anilines is 1. The Morgan fingerprint density at radius 1 is 1.07 bits per heavy atom. The Morgan fingerprint density at radius 3 is 2.53 bits per heavy atom. The Bertz CT molecular complexity index is 1200. The zero-order valence-corrected chi connectivity index (χ0v) is 17.4. The summed E-state index contributed by atoms with van der Waals surface area (Å²) < 4.78 is 32.5. The topological polar surface area (TPSA) is 99.9 Å². The van der Waals surface area contributed by atoms with Gasteiger partial charge in [-0.25, -0.2) is 8.42 Å². The maximum atomic E-state index is 12.7.